The van der Waals surface area contributed by atoms with Crippen molar-refractivity contribution in [2.45, 2.75) is 37.9 Å². The van der Waals surface area contributed by atoms with Crippen LogP contribution in [0.25, 0.3) is 0 Å². The average Bonchev–Trinajstić information content (AvgIpc) is 2.63. The van der Waals surface area contributed by atoms with Gasteiger partial charge in [0, 0.05) is 11.8 Å². The van der Waals surface area contributed by atoms with Crippen molar-refractivity contribution in [3.05, 3.63) is 12.2 Å². The van der Waals surface area contributed by atoms with E-state index in [1.807, 2.05) is 11.8 Å². The van der Waals surface area contributed by atoms with Gasteiger partial charge in [0.05, 0.1) is 4.75 Å². The van der Waals surface area contributed by atoms with Gasteiger partial charge in [-0.15, -0.1) is 11.8 Å². The summed E-state index contributed by atoms with van der Waals surface area (Å²) >= 11 is 1.87. The van der Waals surface area contributed by atoms with Crippen molar-refractivity contribution in [2.24, 2.45) is 11.8 Å². The molecule has 0 saturated heterocycles. The molecule has 0 spiro atoms. The molecule has 0 bridgehead atoms. The molecule has 2 aliphatic rings. The Hall–Kier alpha value is -0.240. The lowest BCUT2D eigenvalue weighted by Gasteiger charge is -2.47. The first-order valence-electron chi connectivity index (χ1n) is 5.55. The number of Topliss-reactive ketones (excluding diaryl/α,β-unsaturated/α-hetero) is 1. The van der Waals surface area contributed by atoms with Crippen LogP contribution in [0.15, 0.2) is 12.2 Å². The first kappa shape index (κ1) is 10.3. The van der Waals surface area contributed by atoms with Gasteiger partial charge in [0.1, 0.15) is 0 Å². The summed E-state index contributed by atoms with van der Waals surface area (Å²) in [6.45, 7) is 4.33. The Balaban J connectivity index is 1.95. The molecular formula is C12H18OS. The van der Waals surface area contributed by atoms with Gasteiger partial charge in [0.15, 0.2) is 5.78 Å². The highest BCUT2D eigenvalue weighted by Gasteiger charge is 2.58. The maximum Gasteiger partial charge on any atom is 0.153 e. The van der Waals surface area contributed by atoms with Gasteiger partial charge >= 0.3 is 0 Å². The first-order valence-corrected chi connectivity index (χ1v) is 6.53. The minimum absolute atomic E-state index is 0.0766. The summed E-state index contributed by atoms with van der Waals surface area (Å²) in [7, 11) is 0. The van der Waals surface area contributed by atoms with Crippen molar-refractivity contribution < 1.29 is 4.79 Å². The molecule has 0 radical (unpaired) electrons. The highest BCUT2D eigenvalue weighted by atomic mass is 32.2. The minimum atomic E-state index is -0.0766. The van der Waals surface area contributed by atoms with Crippen molar-refractivity contribution in [2.75, 3.05) is 5.75 Å². The zero-order chi connectivity index (χ0) is 10.2. The summed E-state index contributed by atoms with van der Waals surface area (Å²) in [6.07, 6.45) is 7.88. The van der Waals surface area contributed by atoms with Crippen LogP contribution in [-0.2, 0) is 4.79 Å². The van der Waals surface area contributed by atoms with E-state index in [0.717, 1.165) is 12.2 Å². The topological polar surface area (TPSA) is 17.1 Å². The standard InChI is InChI=1S/C12H18OS/c1-3-4-8-14-12(2)10-7-5-6-9(10)11(12)13/h5,7,9-10H,3-4,6,8H2,1-2H3/t9-,10+,12-/m1/s1. The monoisotopic (exact) mass is 210 g/mol. The molecule has 2 heteroatoms. The summed E-state index contributed by atoms with van der Waals surface area (Å²) in [4.78, 5) is 11.9. The molecule has 0 N–H and O–H groups in total. The quantitative estimate of drug-likeness (QED) is 0.524. The Kier molecular flexibility index (Phi) is 2.74. The Bertz CT molecular complexity index is 271. The average molecular weight is 210 g/mol. The van der Waals surface area contributed by atoms with E-state index in [1.165, 1.54) is 12.8 Å². The van der Waals surface area contributed by atoms with Crippen LogP contribution in [0.1, 0.15) is 33.1 Å². The van der Waals surface area contributed by atoms with Gasteiger partial charge in [-0.05, 0) is 25.5 Å². The predicted octanol–water partition coefficient (Wildman–Crippen LogP) is 3.05. The smallest absolute Gasteiger partial charge is 0.153 e. The molecule has 0 aliphatic heterocycles. The van der Waals surface area contributed by atoms with Gasteiger partial charge in [0.2, 0.25) is 0 Å². The van der Waals surface area contributed by atoms with Crippen molar-refractivity contribution in [3.63, 3.8) is 0 Å². The Morgan fingerprint density at radius 3 is 3.14 bits per heavy atom. The Morgan fingerprint density at radius 1 is 1.64 bits per heavy atom. The normalized spacial score (nSPS) is 39.7. The number of hydrogen-bond donors (Lipinski definition) is 0. The number of ketones is 1. The van der Waals surface area contributed by atoms with Gasteiger partial charge in [-0.1, -0.05) is 25.5 Å². The van der Waals surface area contributed by atoms with E-state index in [0.29, 0.717) is 17.6 Å². The van der Waals surface area contributed by atoms with E-state index < -0.39 is 0 Å². The molecule has 0 aromatic heterocycles. The first-order chi connectivity index (χ1) is 6.70. The molecule has 14 heavy (non-hydrogen) atoms. The van der Waals surface area contributed by atoms with Crippen LogP contribution in [0.2, 0.25) is 0 Å². The molecule has 78 valence electrons. The van der Waals surface area contributed by atoms with E-state index in [4.69, 9.17) is 0 Å². The van der Waals surface area contributed by atoms with Crippen LogP contribution in [0, 0.1) is 11.8 Å². The maximum atomic E-state index is 11.9. The molecule has 3 atom stereocenters. The summed E-state index contributed by atoms with van der Waals surface area (Å²) in [5, 5.41) is 0. The number of unbranched alkanes of at least 4 members (excludes halogenated alkanes) is 1. The molecule has 1 fully saturated rings. The number of carbonyl (C=O) groups is 1. The number of carbonyl (C=O) groups excluding carboxylic acids is 1. The van der Waals surface area contributed by atoms with Gasteiger partial charge in [0.25, 0.3) is 0 Å². The predicted molar refractivity (Wildman–Crippen MR) is 61.5 cm³/mol. The number of allylic oxidation sites excluding steroid dienone is 2. The molecule has 1 saturated carbocycles. The van der Waals surface area contributed by atoms with Crippen LogP contribution in [-0.4, -0.2) is 16.3 Å². The largest absolute Gasteiger partial charge is 0.298 e. The zero-order valence-corrected chi connectivity index (χ0v) is 9.77. The molecule has 2 aliphatic carbocycles. The van der Waals surface area contributed by atoms with Crippen LogP contribution < -0.4 is 0 Å². The van der Waals surface area contributed by atoms with Crippen molar-refractivity contribution in [3.8, 4) is 0 Å². The molecule has 0 amide bonds. The summed E-state index contributed by atoms with van der Waals surface area (Å²) < 4.78 is -0.0766. The SMILES string of the molecule is CCCCS[C@@]1(C)C(=O)[C@@H]2CC=C[C@@H]21. The molecular weight excluding hydrogens is 192 g/mol. The lowest BCUT2D eigenvalue weighted by Crippen LogP contribution is -2.57. The molecule has 2 rings (SSSR count). The summed E-state index contributed by atoms with van der Waals surface area (Å²) in [5.41, 5.74) is 0. The third-order valence-corrected chi connectivity index (χ3v) is 5.09. The van der Waals surface area contributed by atoms with E-state index in [1.54, 1.807) is 0 Å². The van der Waals surface area contributed by atoms with Gasteiger partial charge in [-0.25, -0.2) is 0 Å². The Morgan fingerprint density at radius 2 is 2.43 bits per heavy atom. The van der Waals surface area contributed by atoms with Crippen molar-refractivity contribution in [1.82, 2.24) is 0 Å². The van der Waals surface area contributed by atoms with Crippen LogP contribution in [0.4, 0.5) is 0 Å². The fraction of sp³-hybridized carbons (Fsp3) is 0.750. The highest BCUT2D eigenvalue weighted by molar-refractivity contribution is 8.01. The molecule has 0 aromatic rings. The summed E-state index contributed by atoms with van der Waals surface area (Å²) in [6, 6.07) is 0. The van der Waals surface area contributed by atoms with Crippen molar-refractivity contribution >= 4 is 17.5 Å². The lowest BCUT2D eigenvalue weighted by molar-refractivity contribution is -0.135. The van der Waals surface area contributed by atoms with Gasteiger partial charge < -0.3 is 0 Å². The van der Waals surface area contributed by atoms with Crippen LogP contribution >= 0.6 is 11.8 Å². The molecule has 0 aromatic carbocycles. The van der Waals surface area contributed by atoms with E-state index in [2.05, 4.69) is 26.0 Å². The number of thioether (sulfide) groups is 1. The van der Waals surface area contributed by atoms with Crippen LogP contribution in [0.5, 0.6) is 0 Å². The van der Waals surface area contributed by atoms with Crippen LogP contribution in [0.3, 0.4) is 0 Å². The maximum absolute atomic E-state index is 11.9. The Labute approximate surface area is 90.3 Å². The highest BCUT2D eigenvalue weighted by Crippen LogP contribution is 2.54. The second kappa shape index (κ2) is 3.73. The molecule has 0 heterocycles. The fourth-order valence-corrected chi connectivity index (χ4v) is 4.11. The van der Waals surface area contributed by atoms with E-state index in [-0.39, 0.29) is 4.75 Å². The van der Waals surface area contributed by atoms with E-state index >= 15 is 0 Å². The number of fused-ring (bicyclic) bond motifs is 1. The van der Waals surface area contributed by atoms with Gasteiger partial charge in [-0.2, -0.15) is 0 Å². The van der Waals surface area contributed by atoms with Gasteiger partial charge in [-0.3, -0.25) is 4.79 Å². The minimum Gasteiger partial charge on any atom is -0.298 e. The fourth-order valence-electron chi connectivity index (χ4n) is 2.52. The lowest BCUT2D eigenvalue weighted by atomic mass is 9.65. The zero-order valence-electron chi connectivity index (χ0n) is 8.95. The molecule has 0 unspecified atom stereocenters. The third-order valence-electron chi connectivity index (χ3n) is 3.53. The van der Waals surface area contributed by atoms with E-state index in [9.17, 15) is 4.79 Å². The second-order valence-electron chi connectivity index (χ2n) is 4.47. The number of hydrogen-bond acceptors (Lipinski definition) is 2. The second-order valence-corrected chi connectivity index (χ2v) is 6.01. The van der Waals surface area contributed by atoms with Crippen molar-refractivity contribution in [1.29, 1.82) is 0 Å². The molecule has 1 nitrogen and oxygen atoms in total. The third kappa shape index (κ3) is 1.35. The summed E-state index contributed by atoms with van der Waals surface area (Å²) in [5.74, 6) is 2.51. The number of rotatable bonds is 4.